The van der Waals surface area contributed by atoms with E-state index in [1.54, 1.807) is 0 Å². The van der Waals surface area contributed by atoms with Gasteiger partial charge in [-0.25, -0.2) is 0 Å². The molecule has 1 atom stereocenters. The molecule has 0 saturated heterocycles. The van der Waals surface area contributed by atoms with Crippen molar-refractivity contribution in [1.29, 1.82) is 0 Å². The third-order valence-electron chi connectivity index (χ3n) is 3.77. The summed E-state index contributed by atoms with van der Waals surface area (Å²) in [7, 11) is 0. The van der Waals surface area contributed by atoms with Crippen LogP contribution in [0.2, 0.25) is 10.0 Å². The molecule has 3 heteroatoms. The van der Waals surface area contributed by atoms with E-state index in [2.05, 4.69) is 18.3 Å². The topological polar surface area (TPSA) is 12.0 Å². The molecular formula is C15H21Cl2N. The predicted molar refractivity (Wildman–Crippen MR) is 79.5 cm³/mol. The predicted octanol–water partition coefficient (Wildman–Crippen LogP) is 5.22. The Labute approximate surface area is 120 Å². The lowest BCUT2D eigenvalue weighted by Crippen LogP contribution is -2.26. The molecule has 0 aliphatic heterocycles. The molecule has 1 nitrogen and oxygen atoms in total. The van der Waals surface area contributed by atoms with Gasteiger partial charge >= 0.3 is 0 Å². The van der Waals surface area contributed by atoms with E-state index in [-0.39, 0.29) is 0 Å². The molecule has 0 bridgehead atoms. The van der Waals surface area contributed by atoms with Gasteiger partial charge in [-0.3, -0.25) is 0 Å². The van der Waals surface area contributed by atoms with Gasteiger partial charge in [0.15, 0.2) is 0 Å². The van der Waals surface area contributed by atoms with Crippen molar-refractivity contribution in [2.75, 3.05) is 6.54 Å². The average Bonchev–Trinajstić information content (AvgIpc) is 2.28. The molecule has 0 aromatic heterocycles. The fourth-order valence-corrected chi connectivity index (χ4v) is 3.02. The molecule has 1 aromatic rings. The quantitative estimate of drug-likeness (QED) is 0.755. The number of benzene rings is 1. The number of hydrogen-bond acceptors (Lipinski definition) is 1. The fourth-order valence-electron chi connectivity index (χ4n) is 2.48. The van der Waals surface area contributed by atoms with Crippen molar-refractivity contribution in [3.63, 3.8) is 0 Å². The van der Waals surface area contributed by atoms with Crippen LogP contribution in [-0.4, -0.2) is 6.54 Å². The average molecular weight is 286 g/mol. The third-order valence-corrected chi connectivity index (χ3v) is 4.33. The molecule has 1 unspecified atom stereocenters. The summed E-state index contributed by atoms with van der Waals surface area (Å²) in [6.07, 6.45) is 6.47. The van der Waals surface area contributed by atoms with E-state index in [9.17, 15) is 0 Å². The Balaban J connectivity index is 2.09. The van der Waals surface area contributed by atoms with E-state index in [1.807, 2.05) is 12.1 Å². The Hall–Kier alpha value is -0.240. The minimum absolute atomic E-state index is 0.375. The molecule has 1 aromatic carbocycles. The van der Waals surface area contributed by atoms with Gasteiger partial charge in [-0.05, 0) is 43.0 Å². The van der Waals surface area contributed by atoms with Crippen LogP contribution in [0.15, 0.2) is 18.2 Å². The lowest BCUT2D eigenvalue weighted by atomic mass is 9.79. The lowest BCUT2D eigenvalue weighted by molar-refractivity contribution is 0.261. The van der Waals surface area contributed by atoms with Gasteiger partial charge in [0.05, 0.1) is 0 Å². The zero-order chi connectivity index (χ0) is 13.0. The highest BCUT2D eigenvalue weighted by atomic mass is 35.5. The van der Waals surface area contributed by atoms with Crippen LogP contribution in [0.1, 0.15) is 50.6 Å². The molecule has 1 fully saturated rings. The third kappa shape index (κ3) is 3.63. The molecule has 0 heterocycles. The Morgan fingerprint density at radius 1 is 1.33 bits per heavy atom. The molecule has 0 radical (unpaired) electrons. The van der Waals surface area contributed by atoms with E-state index >= 15 is 0 Å². The lowest BCUT2D eigenvalue weighted by Gasteiger charge is -2.31. The Bertz CT molecular complexity index is 388. The molecule has 1 saturated carbocycles. The first-order valence-electron chi connectivity index (χ1n) is 6.89. The number of hydrogen-bond donors (Lipinski definition) is 1. The van der Waals surface area contributed by atoms with Crippen molar-refractivity contribution in [3.05, 3.63) is 33.8 Å². The highest BCUT2D eigenvalue weighted by molar-refractivity contribution is 6.35. The van der Waals surface area contributed by atoms with E-state index in [0.717, 1.165) is 23.9 Å². The molecule has 1 aliphatic rings. The van der Waals surface area contributed by atoms with Crippen molar-refractivity contribution in [1.82, 2.24) is 5.32 Å². The van der Waals surface area contributed by atoms with Crippen LogP contribution in [-0.2, 0) is 0 Å². The van der Waals surface area contributed by atoms with Crippen molar-refractivity contribution >= 4 is 23.2 Å². The van der Waals surface area contributed by atoms with Gasteiger partial charge in [0, 0.05) is 16.1 Å². The van der Waals surface area contributed by atoms with Crippen LogP contribution in [0.3, 0.4) is 0 Å². The van der Waals surface area contributed by atoms with E-state index in [4.69, 9.17) is 23.2 Å². The molecule has 0 amide bonds. The van der Waals surface area contributed by atoms with Gasteiger partial charge in [-0.2, -0.15) is 0 Å². The summed E-state index contributed by atoms with van der Waals surface area (Å²) in [4.78, 5) is 0. The maximum atomic E-state index is 6.32. The second kappa shape index (κ2) is 6.79. The van der Waals surface area contributed by atoms with E-state index in [1.165, 1.54) is 31.2 Å². The Morgan fingerprint density at radius 3 is 2.67 bits per heavy atom. The van der Waals surface area contributed by atoms with Gasteiger partial charge < -0.3 is 5.32 Å². The van der Waals surface area contributed by atoms with Crippen molar-refractivity contribution in [3.8, 4) is 0 Å². The summed E-state index contributed by atoms with van der Waals surface area (Å²) < 4.78 is 0. The molecule has 100 valence electrons. The number of rotatable bonds is 6. The standard InChI is InChI=1S/C15H21Cl2N/c1-2-8-18-15(9-11-4-3-5-11)13-7-6-12(16)10-14(13)17/h6-7,10-11,15,18H,2-5,8-9H2,1H3. The first-order valence-corrected chi connectivity index (χ1v) is 7.64. The minimum atomic E-state index is 0.375. The molecule has 18 heavy (non-hydrogen) atoms. The van der Waals surface area contributed by atoms with Gasteiger partial charge in [-0.15, -0.1) is 0 Å². The summed E-state index contributed by atoms with van der Waals surface area (Å²) in [6.45, 7) is 3.23. The second-order valence-corrected chi connectivity index (χ2v) is 6.05. The molecule has 2 rings (SSSR count). The molecule has 1 aliphatic carbocycles. The SMILES string of the molecule is CCCNC(CC1CCC1)c1ccc(Cl)cc1Cl. The number of nitrogens with one attached hydrogen (secondary N) is 1. The normalized spacial score (nSPS) is 17.5. The van der Waals surface area contributed by atoms with Crippen molar-refractivity contribution in [2.24, 2.45) is 5.92 Å². The molecule has 1 N–H and O–H groups in total. The highest BCUT2D eigenvalue weighted by Gasteiger charge is 2.23. The monoisotopic (exact) mass is 285 g/mol. The Kier molecular flexibility index (Phi) is 5.35. The fraction of sp³-hybridized carbons (Fsp3) is 0.600. The molecule has 0 spiro atoms. The maximum Gasteiger partial charge on any atom is 0.0468 e. The van der Waals surface area contributed by atoms with Gasteiger partial charge in [-0.1, -0.05) is 55.5 Å². The zero-order valence-electron chi connectivity index (χ0n) is 10.9. The Morgan fingerprint density at radius 2 is 2.11 bits per heavy atom. The van der Waals surface area contributed by atoms with E-state index in [0.29, 0.717) is 11.1 Å². The highest BCUT2D eigenvalue weighted by Crippen LogP contribution is 2.37. The summed E-state index contributed by atoms with van der Waals surface area (Å²) in [6, 6.07) is 6.22. The van der Waals surface area contributed by atoms with Crippen LogP contribution in [0.4, 0.5) is 0 Å². The first kappa shape index (κ1) is 14.2. The smallest absolute Gasteiger partial charge is 0.0468 e. The van der Waals surface area contributed by atoms with Gasteiger partial charge in [0.1, 0.15) is 0 Å². The van der Waals surface area contributed by atoms with Gasteiger partial charge in [0.2, 0.25) is 0 Å². The second-order valence-electron chi connectivity index (χ2n) is 5.21. The summed E-state index contributed by atoms with van der Waals surface area (Å²) >= 11 is 12.3. The summed E-state index contributed by atoms with van der Waals surface area (Å²) in [5.41, 5.74) is 1.20. The molecular weight excluding hydrogens is 265 g/mol. The summed E-state index contributed by atoms with van der Waals surface area (Å²) in [5.74, 6) is 0.867. The maximum absolute atomic E-state index is 6.32. The first-order chi connectivity index (χ1) is 8.70. The van der Waals surface area contributed by atoms with Crippen LogP contribution in [0.5, 0.6) is 0 Å². The van der Waals surface area contributed by atoms with Gasteiger partial charge in [0.25, 0.3) is 0 Å². The van der Waals surface area contributed by atoms with Crippen LogP contribution < -0.4 is 5.32 Å². The minimum Gasteiger partial charge on any atom is -0.310 e. The zero-order valence-corrected chi connectivity index (χ0v) is 12.4. The van der Waals surface area contributed by atoms with Crippen LogP contribution >= 0.6 is 23.2 Å². The van der Waals surface area contributed by atoms with Crippen LogP contribution in [0, 0.1) is 5.92 Å². The van der Waals surface area contributed by atoms with Crippen molar-refractivity contribution in [2.45, 2.75) is 45.1 Å². The van der Waals surface area contributed by atoms with Crippen molar-refractivity contribution < 1.29 is 0 Å². The summed E-state index contributed by atoms with van der Waals surface area (Å²) in [5, 5.41) is 5.11. The van der Waals surface area contributed by atoms with Crippen LogP contribution in [0.25, 0.3) is 0 Å². The van der Waals surface area contributed by atoms with E-state index < -0.39 is 0 Å². The largest absolute Gasteiger partial charge is 0.310 e. The number of halogens is 2.